The molecule has 1 nitrogen and oxygen atoms in total. The van der Waals surface area contributed by atoms with Gasteiger partial charge in [0, 0.05) is 22.5 Å². The van der Waals surface area contributed by atoms with Crippen LogP contribution in [0.2, 0.25) is 0 Å². The van der Waals surface area contributed by atoms with E-state index in [2.05, 4.69) is 219 Å². The third-order valence-corrected chi connectivity index (χ3v) is 11.4. The summed E-state index contributed by atoms with van der Waals surface area (Å²) in [7, 11) is 0. The van der Waals surface area contributed by atoms with E-state index in [0.717, 1.165) is 17.1 Å². The molecule has 256 valence electrons. The van der Waals surface area contributed by atoms with Gasteiger partial charge in [0.25, 0.3) is 0 Å². The fourth-order valence-corrected chi connectivity index (χ4v) is 8.92. The summed E-state index contributed by atoms with van der Waals surface area (Å²) in [6.07, 6.45) is 0. The van der Waals surface area contributed by atoms with Crippen molar-refractivity contribution in [2.45, 2.75) is 19.3 Å². The Morgan fingerprint density at radius 2 is 0.889 bits per heavy atom. The van der Waals surface area contributed by atoms with Gasteiger partial charge >= 0.3 is 0 Å². The molecule has 0 saturated carbocycles. The Morgan fingerprint density at radius 1 is 0.352 bits per heavy atom. The van der Waals surface area contributed by atoms with Crippen LogP contribution in [0, 0.1) is 0 Å². The highest BCUT2D eigenvalue weighted by atomic mass is 15.1. The lowest BCUT2D eigenvalue weighted by molar-refractivity contribution is 0.647. The molecule has 9 aromatic carbocycles. The van der Waals surface area contributed by atoms with E-state index >= 15 is 0 Å². The Balaban J connectivity index is 1.12. The molecule has 1 heteroatoms. The number of para-hydroxylation sites is 1. The second-order valence-electron chi connectivity index (χ2n) is 14.9. The molecule has 0 aromatic heterocycles. The first-order chi connectivity index (χ1) is 26.6. The molecular weight excluding hydrogens is 651 g/mol. The van der Waals surface area contributed by atoms with Crippen LogP contribution in [0.3, 0.4) is 0 Å². The van der Waals surface area contributed by atoms with Crippen LogP contribution in [-0.2, 0) is 5.41 Å². The molecule has 9 aromatic rings. The molecule has 1 aliphatic carbocycles. The molecule has 0 saturated heterocycles. The van der Waals surface area contributed by atoms with Gasteiger partial charge in [0.1, 0.15) is 0 Å². The van der Waals surface area contributed by atoms with Crippen LogP contribution in [-0.4, -0.2) is 0 Å². The second-order valence-corrected chi connectivity index (χ2v) is 14.9. The van der Waals surface area contributed by atoms with Crippen molar-refractivity contribution in [2.24, 2.45) is 0 Å². The van der Waals surface area contributed by atoms with Gasteiger partial charge in [-0.15, -0.1) is 0 Å². The van der Waals surface area contributed by atoms with Crippen molar-refractivity contribution in [3.8, 4) is 44.5 Å². The number of nitrogens with zero attached hydrogens (tertiary/aromatic N) is 1. The quantitative estimate of drug-likeness (QED) is 0.168. The zero-order valence-corrected chi connectivity index (χ0v) is 30.5. The van der Waals surface area contributed by atoms with Gasteiger partial charge in [0.2, 0.25) is 0 Å². The van der Waals surface area contributed by atoms with Gasteiger partial charge in [0.15, 0.2) is 0 Å². The highest BCUT2D eigenvalue weighted by molar-refractivity contribution is 6.13. The number of anilines is 3. The zero-order valence-electron chi connectivity index (χ0n) is 30.5. The van der Waals surface area contributed by atoms with Gasteiger partial charge < -0.3 is 4.90 Å². The van der Waals surface area contributed by atoms with E-state index in [-0.39, 0.29) is 5.41 Å². The summed E-state index contributed by atoms with van der Waals surface area (Å²) in [6.45, 7) is 4.81. The fourth-order valence-electron chi connectivity index (χ4n) is 8.92. The highest BCUT2D eigenvalue weighted by Gasteiger charge is 2.36. The summed E-state index contributed by atoms with van der Waals surface area (Å²) in [5, 5.41) is 5.20. The SMILES string of the molecule is CC1(C)c2c(-c3ccc(N(c4ccccc4)c4ccc(-c5ccccc5)cc4)cc3)cccc2-c2c(-c3cccc4ccccc34)ccc3cccc1c23. The van der Waals surface area contributed by atoms with E-state index < -0.39 is 0 Å². The molecule has 0 aliphatic heterocycles. The molecule has 0 amide bonds. The highest BCUT2D eigenvalue weighted by Crippen LogP contribution is 2.54. The van der Waals surface area contributed by atoms with Gasteiger partial charge in [-0.1, -0.05) is 178 Å². The van der Waals surface area contributed by atoms with Crippen molar-refractivity contribution < 1.29 is 0 Å². The van der Waals surface area contributed by atoms with Crippen LogP contribution in [0.15, 0.2) is 200 Å². The largest absolute Gasteiger partial charge is 0.311 e. The van der Waals surface area contributed by atoms with Crippen LogP contribution in [0.1, 0.15) is 25.0 Å². The van der Waals surface area contributed by atoms with Crippen LogP contribution in [0.25, 0.3) is 66.1 Å². The Bertz CT molecular complexity index is 2810. The maximum absolute atomic E-state index is 2.41. The minimum absolute atomic E-state index is 0.217. The third-order valence-electron chi connectivity index (χ3n) is 11.4. The molecule has 0 heterocycles. The van der Waals surface area contributed by atoms with Crippen molar-refractivity contribution in [1.82, 2.24) is 0 Å². The molecule has 0 N–H and O–H groups in total. The van der Waals surface area contributed by atoms with Gasteiger partial charge in [-0.3, -0.25) is 0 Å². The van der Waals surface area contributed by atoms with E-state index in [9.17, 15) is 0 Å². The predicted octanol–water partition coefficient (Wildman–Crippen LogP) is 14.8. The first-order valence-corrected chi connectivity index (χ1v) is 18.9. The summed E-state index contributed by atoms with van der Waals surface area (Å²) in [4.78, 5) is 2.34. The molecule has 0 unspecified atom stereocenters. The minimum atomic E-state index is -0.217. The summed E-state index contributed by atoms with van der Waals surface area (Å²) < 4.78 is 0. The molecular formula is C53H39N. The first-order valence-electron chi connectivity index (χ1n) is 18.9. The van der Waals surface area contributed by atoms with Crippen LogP contribution < -0.4 is 4.90 Å². The minimum Gasteiger partial charge on any atom is -0.311 e. The lowest BCUT2D eigenvalue weighted by Gasteiger charge is -2.38. The number of fused-ring (bicyclic) bond motifs is 3. The second kappa shape index (κ2) is 12.8. The lowest BCUT2D eigenvalue weighted by atomic mass is 9.65. The number of rotatable bonds is 6. The molecule has 0 radical (unpaired) electrons. The van der Waals surface area contributed by atoms with E-state index in [1.54, 1.807) is 0 Å². The van der Waals surface area contributed by atoms with Crippen molar-refractivity contribution in [2.75, 3.05) is 4.90 Å². The first kappa shape index (κ1) is 32.0. The Hall–Kier alpha value is -6.70. The van der Waals surface area contributed by atoms with Crippen LogP contribution in [0.4, 0.5) is 17.1 Å². The summed E-state index contributed by atoms with van der Waals surface area (Å²) >= 11 is 0. The molecule has 10 rings (SSSR count). The normalized spacial score (nSPS) is 12.8. The summed E-state index contributed by atoms with van der Waals surface area (Å²) in [5.41, 5.74) is 16.0. The van der Waals surface area contributed by atoms with E-state index in [4.69, 9.17) is 0 Å². The van der Waals surface area contributed by atoms with Crippen molar-refractivity contribution in [1.29, 1.82) is 0 Å². The lowest BCUT2D eigenvalue weighted by Crippen LogP contribution is -2.25. The van der Waals surface area contributed by atoms with Crippen molar-refractivity contribution in [3.63, 3.8) is 0 Å². The Labute approximate surface area is 317 Å². The summed E-state index contributed by atoms with van der Waals surface area (Å²) in [5.74, 6) is 0. The third kappa shape index (κ3) is 5.16. The molecule has 0 bridgehead atoms. The zero-order chi connectivity index (χ0) is 36.2. The van der Waals surface area contributed by atoms with Gasteiger partial charge in [0.05, 0.1) is 0 Å². The van der Waals surface area contributed by atoms with E-state index in [1.165, 1.54) is 77.2 Å². The molecule has 0 spiro atoms. The topological polar surface area (TPSA) is 3.24 Å². The number of hydrogen-bond donors (Lipinski definition) is 0. The number of hydrogen-bond acceptors (Lipinski definition) is 1. The van der Waals surface area contributed by atoms with Crippen LogP contribution >= 0.6 is 0 Å². The standard InChI is InChI=1S/C53H39N/c1-53(2)49-25-12-18-40-30-35-47(46-23-11-17-38-16-9-10-21-44(38)46)51(50(40)49)48-24-13-22-45(52(48)53)39-28-33-43(34-29-39)54(41-19-7-4-8-20-41)42-31-26-37(27-32-42)36-14-5-3-6-15-36/h3-35H,1-2H3. The Kier molecular flexibility index (Phi) is 7.56. The van der Waals surface area contributed by atoms with Gasteiger partial charge in [-0.05, 0) is 114 Å². The van der Waals surface area contributed by atoms with Crippen LogP contribution in [0.5, 0.6) is 0 Å². The average Bonchev–Trinajstić information content (AvgIpc) is 3.23. The number of benzene rings is 9. The van der Waals surface area contributed by atoms with E-state index in [1.807, 2.05) is 0 Å². The van der Waals surface area contributed by atoms with E-state index in [0.29, 0.717) is 0 Å². The average molecular weight is 690 g/mol. The molecule has 54 heavy (non-hydrogen) atoms. The maximum Gasteiger partial charge on any atom is 0.0462 e. The Morgan fingerprint density at radius 3 is 1.65 bits per heavy atom. The maximum atomic E-state index is 2.41. The van der Waals surface area contributed by atoms with Crippen molar-refractivity contribution in [3.05, 3.63) is 211 Å². The fraction of sp³-hybridized carbons (Fsp3) is 0.0566. The molecule has 1 aliphatic rings. The molecule has 0 atom stereocenters. The van der Waals surface area contributed by atoms with Gasteiger partial charge in [-0.2, -0.15) is 0 Å². The van der Waals surface area contributed by atoms with Gasteiger partial charge in [-0.25, -0.2) is 0 Å². The predicted molar refractivity (Wildman–Crippen MR) is 230 cm³/mol. The monoisotopic (exact) mass is 689 g/mol. The molecule has 0 fully saturated rings. The smallest absolute Gasteiger partial charge is 0.0462 e. The summed E-state index contributed by atoms with van der Waals surface area (Å²) in [6, 6.07) is 73.2. The van der Waals surface area contributed by atoms with Crippen molar-refractivity contribution >= 4 is 38.6 Å².